The molecule has 0 atom stereocenters. The van der Waals surface area contributed by atoms with Crippen LogP contribution in [0.25, 0.3) is 0 Å². The van der Waals surface area contributed by atoms with Crippen molar-refractivity contribution in [3.63, 3.8) is 0 Å². The molecule has 10 heteroatoms. The maximum atomic E-state index is 13.8. The lowest BCUT2D eigenvalue weighted by atomic mass is 10.2. The lowest BCUT2D eigenvalue weighted by Gasteiger charge is -2.19. The van der Waals surface area contributed by atoms with Crippen molar-refractivity contribution in [1.29, 1.82) is 0 Å². The van der Waals surface area contributed by atoms with Gasteiger partial charge in [0.25, 0.3) is 17.7 Å². The fourth-order valence-corrected chi connectivity index (χ4v) is 5.40. The first-order valence-corrected chi connectivity index (χ1v) is 14.0. The molecule has 0 saturated carbocycles. The molecule has 3 amide bonds. The molecule has 0 aliphatic carbocycles. The number of benzene rings is 4. The summed E-state index contributed by atoms with van der Waals surface area (Å²) in [7, 11) is 2.98. The quantitative estimate of drug-likeness (QED) is 0.202. The van der Waals surface area contributed by atoms with Crippen molar-refractivity contribution in [3.8, 4) is 11.5 Å². The predicted molar refractivity (Wildman–Crippen MR) is 166 cm³/mol. The van der Waals surface area contributed by atoms with Gasteiger partial charge in [-0.3, -0.25) is 14.4 Å². The number of nitrogens with zero attached hydrogens (tertiary/aromatic N) is 1. The molecule has 4 aromatic rings. The van der Waals surface area contributed by atoms with Crippen LogP contribution in [-0.2, 0) is 9.59 Å². The molecule has 1 aliphatic heterocycles. The number of imide groups is 1. The van der Waals surface area contributed by atoms with Gasteiger partial charge in [0, 0.05) is 22.3 Å². The van der Waals surface area contributed by atoms with E-state index in [1.807, 2.05) is 31.2 Å². The van der Waals surface area contributed by atoms with Crippen LogP contribution in [0.4, 0.5) is 17.1 Å². The summed E-state index contributed by atoms with van der Waals surface area (Å²) >= 11 is 7.29. The molecule has 0 unspecified atom stereocenters. The average molecular weight is 600 g/mol. The predicted octanol–water partition coefficient (Wildman–Crippen LogP) is 6.91. The Bertz CT molecular complexity index is 1700. The van der Waals surface area contributed by atoms with Gasteiger partial charge >= 0.3 is 0 Å². The Hall–Kier alpha value is -4.73. The average Bonchev–Trinajstić information content (AvgIpc) is 3.22. The van der Waals surface area contributed by atoms with E-state index in [1.54, 1.807) is 66.7 Å². The first-order chi connectivity index (χ1) is 20.3. The van der Waals surface area contributed by atoms with Crippen molar-refractivity contribution in [1.82, 2.24) is 0 Å². The number of ether oxygens (including phenoxy) is 2. The molecule has 1 aliphatic rings. The number of amides is 3. The Morgan fingerprint density at radius 2 is 1.52 bits per heavy atom. The summed E-state index contributed by atoms with van der Waals surface area (Å²) in [6.45, 7) is 1.97. The topological polar surface area (TPSA) is 97.0 Å². The number of aryl methyl sites for hydroxylation is 1. The van der Waals surface area contributed by atoms with Crippen LogP contribution in [-0.4, -0.2) is 31.9 Å². The first kappa shape index (κ1) is 28.8. The minimum Gasteiger partial charge on any atom is -0.497 e. The summed E-state index contributed by atoms with van der Waals surface area (Å²) in [4.78, 5) is 42.3. The van der Waals surface area contributed by atoms with Crippen LogP contribution in [0.3, 0.4) is 0 Å². The summed E-state index contributed by atoms with van der Waals surface area (Å²) in [5, 5.41) is 6.32. The van der Waals surface area contributed by atoms with E-state index in [0.29, 0.717) is 44.0 Å². The van der Waals surface area contributed by atoms with Crippen LogP contribution in [0.1, 0.15) is 15.9 Å². The summed E-state index contributed by atoms with van der Waals surface area (Å²) in [5.41, 5.74) is 3.07. The van der Waals surface area contributed by atoms with E-state index in [4.69, 9.17) is 21.1 Å². The van der Waals surface area contributed by atoms with Crippen LogP contribution >= 0.6 is 23.4 Å². The number of rotatable bonds is 9. The lowest BCUT2D eigenvalue weighted by molar-refractivity contribution is -0.120. The number of methoxy groups -OCH3 is 2. The highest BCUT2D eigenvalue weighted by Crippen LogP contribution is 2.41. The number of carbonyl (C=O) groups is 3. The molecule has 212 valence electrons. The van der Waals surface area contributed by atoms with E-state index in [9.17, 15) is 14.4 Å². The molecule has 0 saturated heterocycles. The number of halogens is 1. The van der Waals surface area contributed by atoms with Gasteiger partial charge in [-0.1, -0.05) is 53.2 Å². The van der Waals surface area contributed by atoms with Gasteiger partial charge in [0.15, 0.2) is 0 Å². The Labute approximate surface area is 252 Å². The summed E-state index contributed by atoms with van der Waals surface area (Å²) in [5.74, 6) is -0.518. The molecular formula is C32H26ClN3O5S. The summed E-state index contributed by atoms with van der Waals surface area (Å²) in [6, 6.07) is 26.1. The van der Waals surface area contributed by atoms with E-state index < -0.39 is 11.8 Å². The van der Waals surface area contributed by atoms with Crippen molar-refractivity contribution in [2.75, 3.05) is 29.8 Å². The monoisotopic (exact) mass is 599 g/mol. The van der Waals surface area contributed by atoms with Gasteiger partial charge in [0.1, 0.15) is 22.1 Å². The molecule has 1 heterocycles. The summed E-state index contributed by atoms with van der Waals surface area (Å²) < 4.78 is 10.8. The van der Waals surface area contributed by atoms with Gasteiger partial charge in [0.05, 0.1) is 30.5 Å². The van der Waals surface area contributed by atoms with E-state index in [1.165, 1.54) is 14.2 Å². The zero-order chi connectivity index (χ0) is 29.8. The number of thioether (sulfide) groups is 1. The Balaban J connectivity index is 1.44. The van der Waals surface area contributed by atoms with Crippen molar-refractivity contribution in [2.24, 2.45) is 0 Å². The van der Waals surface area contributed by atoms with E-state index in [-0.39, 0.29) is 16.5 Å². The minimum atomic E-state index is -0.518. The SMILES string of the molecule is COc1ccc(N2C(=O)C(Nc3ccc(C)cc3)=C(Sc3ccc(NC(=O)c4ccccc4Cl)cc3)C2=O)c(OC)c1. The highest BCUT2D eigenvalue weighted by atomic mass is 35.5. The van der Waals surface area contributed by atoms with Crippen LogP contribution in [0, 0.1) is 6.92 Å². The first-order valence-electron chi connectivity index (χ1n) is 12.8. The van der Waals surface area contributed by atoms with E-state index >= 15 is 0 Å². The molecule has 42 heavy (non-hydrogen) atoms. The van der Waals surface area contributed by atoms with Crippen molar-refractivity contribution < 1.29 is 23.9 Å². The maximum absolute atomic E-state index is 13.8. The number of nitrogens with one attached hydrogen (secondary N) is 2. The second kappa shape index (κ2) is 12.4. The fourth-order valence-electron chi connectivity index (χ4n) is 4.25. The molecule has 0 aromatic heterocycles. The second-order valence-corrected chi connectivity index (χ2v) is 10.7. The highest BCUT2D eigenvalue weighted by molar-refractivity contribution is 8.04. The number of carbonyl (C=O) groups excluding carboxylic acids is 3. The Morgan fingerprint density at radius 1 is 0.833 bits per heavy atom. The smallest absolute Gasteiger partial charge is 0.283 e. The molecule has 4 aromatic carbocycles. The minimum absolute atomic E-state index is 0.142. The molecule has 5 rings (SSSR count). The van der Waals surface area contributed by atoms with E-state index in [0.717, 1.165) is 22.2 Å². The maximum Gasteiger partial charge on any atom is 0.283 e. The zero-order valence-electron chi connectivity index (χ0n) is 22.9. The highest BCUT2D eigenvalue weighted by Gasteiger charge is 2.41. The second-order valence-electron chi connectivity index (χ2n) is 9.24. The molecule has 0 radical (unpaired) electrons. The normalized spacial score (nSPS) is 12.9. The van der Waals surface area contributed by atoms with Crippen LogP contribution in [0.15, 0.2) is 106 Å². The third-order valence-electron chi connectivity index (χ3n) is 6.44. The molecule has 8 nitrogen and oxygen atoms in total. The molecule has 0 fully saturated rings. The van der Waals surface area contributed by atoms with Gasteiger partial charge in [0.2, 0.25) is 0 Å². The zero-order valence-corrected chi connectivity index (χ0v) is 24.5. The number of anilines is 3. The fraction of sp³-hybridized carbons (Fsp3) is 0.0938. The van der Waals surface area contributed by atoms with Gasteiger partial charge in [-0.15, -0.1) is 0 Å². The van der Waals surface area contributed by atoms with Crippen LogP contribution < -0.4 is 25.0 Å². The Kier molecular flexibility index (Phi) is 8.51. The van der Waals surface area contributed by atoms with Crippen molar-refractivity contribution in [3.05, 3.63) is 118 Å². The van der Waals surface area contributed by atoms with Crippen LogP contribution in [0.5, 0.6) is 11.5 Å². The molecule has 0 spiro atoms. The Morgan fingerprint density at radius 3 is 2.19 bits per heavy atom. The third-order valence-corrected chi connectivity index (χ3v) is 7.86. The largest absolute Gasteiger partial charge is 0.497 e. The third kappa shape index (κ3) is 5.97. The van der Waals surface area contributed by atoms with Gasteiger partial charge in [-0.25, -0.2) is 4.90 Å². The van der Waals surface area contributed by atoms with Gasteiger partial charge < -0.3 is 20.1 Å². The van der Waals surface area contributed by atoms with E-state index in [2.05, 4.69) is 10.6 Å². The summed E-state index contributed by atoms with van der Waals surface area (Å²) in [6.07, 6.45) is 0. The molecular weight excluding hydrogens is 574 g/mol. The molecule has 2 N–H and O–H groups in total. The van der Waals surface area contributed by atoms with Gasteiger partial charge in [-0.2, -0.15) is 0 Å². The number of hydrogen-bond donors (Lipinski definition) is 2. The van der Waals surface area contributed by atoms with Crippen molar-refractivity contribution in [2.45, 2.75) is 11.8 Å². The standard InChI is InChI=1S/C32H26ClN3O5S/c1-19-8-10-20(11-9-19)34-28-29(32(39)36(31(28)38)26-17-14-22(40-2)18-27(26)41-3)42-23-15-12-21(13-16-23)35-30(37)24-6-4-5-7-25(24)33/h4-18,34H,1-3H3,(H,35,37). The lowest BCUT2D eigenvalue weighted by Crippen LogP contribution is -2.32. The molecule has 0 bridgehead atoms. The van der Waals surface area contributed by atoms with Crippen LogP contribution in [0.2, 0.25) is 5.02 Å². The number of hydrogen-bond acceptors (Lipinski definition) is 7. The van der Waals surface area contributed by atoms with Gasteiger partial charge in [-0.05, 0) is 67.6 Å². The van der Waals surface area contributed by atoms with Crippen molar-refractivity contribution >= 4 is 58.1 Å².